The quantitative estimate of drug-likeness (QED) is 0.282. The first-order chi connectivity index (χ1) is 9.82. The van der Waals surface area contributed by atoms with Crippen LogP contribution in [0.2, 0.25) is 0 Å². The van der Waals surface area contributed by atoms with E-state index in [4.69, 9.17) is 21.1 Å². The van der Waals surface area contributed by atoms with Gasteiger partial charge in [-0.1, -0.05) is 0 Å². The van der Waals surface area contributed by atoms with E-state index in [1.807, 2.05) is 0 Å². The van der Waals surface area contributed by atoms with Gasteiger partial charge in [-0.3, -0.25) is 5.43 Å². The highest BCUT2D eigenvalue weighted by atomic mass is 16.6. The second kappa shape index (κ2) is 7.27. The van der Waals surface area contributed by atoms with Crippen molar-refractivity contribution in [1.82, 2.24) is 15.4 Å². The lowest BCUT2D eigenvalue weighted by molar-refractivity contribution is -0.0456. The van der Waals surface area contributed by atoms with Crippen LogP contribution >= 0.6 is 0 Å². The third kappa shape index (κ3) is 6.59. The molecular weight excluding hydrogens is 294 g/mol. The smallest absolute Gasteiger partial charge is 0.439 e. The Morgan fingerprint density at radius 1 is 0.955 bits per heavy atom. The zero-order valence-electron chi connectivity index (χ0n) is 13.8. The van der Waals surface area contributed by atoms with Crippen LogP contribution in [0.1, 0.15) is 41.5 Å². The molecule has 0 spiro atoms. The highest BCUT2D eigenvalue weighted by Crippen LogP contribution is 2.16. The first-order valence-electron chi connectivity index (χ1n) is 6.56. The van der Waals surface area contributed by atoms with Crippen molar-refractivity contribution >= 4 is 18.2 Å². The number of nitrogens with two attached hydrogens (primary N) is 2. The zero-order valence-corrected chi connectivity index (χ0v) is 13.8. The van der Waals surface area contributed by atoms with E-state index >= 15 is 0 Å². The lowest BCUT2D eigenvalue weighted by atomic mass is 10.2. The second-order valence-electron chi connectivity index (χ2n) is 6.30. The van der Waals surface area contributed by atoms with Gasteiger partial charge in [-0.2, -0.15) is 0 Å². The van der Waals surface area contributed by atoms with Gasteiger partial charge >= 0.3 is 18.2 Å². The molecule has 10 heteroatoms. The Labute approximate surface area is 129 Å². The minimum absolute atomic E-state index is 0.360. The molecule has 0 saturated carbocycles. The molecule has 5 N–H and O–H groups in total. The topological polar surface area (TPSA) is 140 Å². The van der Waals surface area contributed by atoms with E-state index in [0.29, 0.717) is 10.0 Å². The molecule has 0 atom stereocenters. The normalized spacial score (nSPS) is 11.5. The third-order valence-corrected chi connectivity index (χ3v) is 1.91. The molecule has 0 rings (SSSR count). The number of rotatable bonds is 1. The van der Waals surface area contributed by atoms with Crippen LogP contribution in [0.15, 0.2) is 0 Å². The van der Waals surface area contributed by atoms with Crippen molar-refractivity contribution in [3.05, 3.63) is 0 Å². The molecule has 0 saturated heterocycles. The molecule has 0 bridgehead atoms. The Morgan fingerprint density at radius 2 is 1.32 bits per heavy atom. The molecule has 0 aliphatic rings. The van der Waals surface area contributed by atoms with Gasteiger partial charge in [-0.15, -0.1) is 5.01 Å². The van der Waals surface area contributed by atoms with Crippen LogP contribution < -0.4 is 17.0 Å². The van der Waals surface area contributed by atoms with Crippen LogP contribution in [0, 0.1) is 0 Å². The molecule has 0 aromatic heterocycles. The van der Waals surface area contributed by atoms with Gasteiger partial charge in [0.2, 0.25) is 0 Å². The fourth-order valence-corrected chi connectivity index (χ4v) is 1.21. The van der Waals surface area contributed by atoms with E-state index in [2.05, 4.69) is 0 Å². The second-order valence-corrected chi connectivity index (χ2v) is 6.30. The van der Waals surface area contributed by atoms with Gasteiger partial charge in [-0.05, 0) is 41.5 Å². The van der Waals surface area contributed by atoms with Gasteiger partial charge in [0, 0.05) is 0 Å². The first-order valence-corrected chi connectivity index (χ1v) is 6.56. The minimum Gasteiger partial charge on any atom is -0.442 e. The van der Waals surface area contributed by atoms with Gasteiger partial charge in [0.25, 0.3) is 0 Å². The fourth-order valence-electron chi connectivity index (χ4n) is 1.21. The van der Waals surface area contributed by atoms with E-state index in [9.17, 15) is 14.4 Å². The molecule has 0 aromatic rings. The van der Waals surface area contributed by atoms with Gasteiger partial charge in [0.1, 0.15) is 11.2 Å². The highest BCUT2D eigenvalue weighted by Gasteiger charge is 2.37. The summed E-state index contributed by atoms with van der Waals surface area (Å²) in [7, 11) is 0. The molecule has 4 amide bonds. The molecular formula is C12H25N5O5. The number of hydrogen-bond donors (Lipinski definition) is 3. The summed E-state index contributed by atoms with van der Waals surface area (Å²) in [6.45, 7) is 9.13. The Bertz CT molecular complexity index is 399. The summed E-state index contributed by atoms with van der Waals surface area (Å²) in [5.41, 5.74) is 5.40. The van der Waals surface area contributed by atoms with Crippen LogP contribution in [-0.2, 0) is 9.47 Å². The molecule has 0 unspecified atom stereocenters. The number of nitrogens with one attached hydrogen (secondary N) is 1. The molecule has 10 nitrogen and oxygen atoms in total. The first kappa shape index (κ1) is 19.9. The van der Waals surface area contributed by atoms with Crippen molar-refractivity contribution in [3.63, 3.8) is 0 Å². The maximum Gasteiger partial charge on any atom is 0.439 e. The molecule has 0 aromatic carbocycles. The molecule has 128 valence electrons. The lowest BCUT2D eigenvalue weighted by Crippen LogP contribution is -2.60. The molecule has 0 radical (unpaired) electrons. The Kier molecular flexibility index (Phi) is 6.59. The summed E-state index contributed by atoms with van der Waals surface area (Å²) in [6.07, 6.45) is -2.23. The third-order valence-electron chi connectivity index (χ3n) is 1.91. The number of ether oxygens (including phenoxy) is 2. The average Bonchev–Trinajstić information content (AvgIpc) is 2.29. The fraction of sp³-hybridized carbons (Fsp3) is 0.750. The van der Waals surface area contributed by atoms with E-state index in [1.54, 1.807) is 47.0 Å². The highest BCUT2D eigenvalue weighted by molar-refractivity contribution is 5.90. The van der Waals surface area contributed by atoms with Gasteiger partial charge in [-0.25, -0.2) is 25.2 Å². The summed E-state index contributed by atoms with van der Waals surface area (Å²) in [4.78, 5) is 36.1. The lowest BCUT2D eigenvalue weighted by Gasteiger charge is -2.33. The Morgan fingerprint density at radius 3 is 1.55 bits per heavy atom. The Balaban J connectivity index is 5.51. The molecule has 0 aliphatic heterocycles. The summed E-state index contributed by atoms with van der Waals surface area (Å²) >= 11 is 0. The van der Waals surface area contributed by atoms with Crippen LogP contribution in [0.4, 0.5) is 14.4 Å². The van der Waals surface area contributed by atoms with Crippen LogP contribution in [-0.4, -0.2) is 46.1 Å². The summed E-state index contributed by atoms with van der Waals surface area (Å²) in [5.74, 6) is 5.01. The van der Waals surface area contributed by atoms with Crippen LogP contribution in [0.5, 0.6) is 0 Å². The van der Waals surface area contributed by atoms with Gasteiger partial charge < -0.3 is 15.2 Å². The van der Waals surface area contributed by atoms with Crippen molar-refractivity contribution in [2.45, 2.75) is 52.7 Å². The monoisotopic (exact) mass is 319 g/mol. The van der Waals surface area contributed by atoms with Crippen LogP contribution in [0.3, 0.4) is 0 Å². The van der Waals surface area contributed by atoms with Crippen molar-refractivity contribution in [2.75, 3.05) is 6.67 Å². The maximum absolute atomic E-state index is 12.2. The SMILES string of the molecule is CC(C)(C)OC(=O)N(C(=O)OC(C)(C)C)N(CN)C(=O)NN. The van der Waals surface area contributed by atoms with E-state index in [0.717, 1.165) is 0 Å². The number of carbonyl (C=O) groups is 3. The predicted molar refractivity (Wildman–Crippen MR) is 77.9 cm³/mol. The molecule has 0 aliphatic carbocycles. The van der Waals surface area contributed by atoms with E-state index < -0.39 is 36.1 Å². The largest absolute Gasteiger partial charge is 0.442 e. The summed E-state index contributed by atoms with van der Waals surface area (Å²) < 4.78 is 10.2. The van der Waals surface area contributed by atoms with Crippen LogP contribution in [0.25, 0.3) is 0 Å². The molecule has 0 fully saturated rings. The zero-order chi connectivity index (χ0) is 17.7. The minimum atomic E-state index is -1.12. The Hall–Kier alpha value is -2.07. The molecule has 22 heavy (non-hydrogen) atoms. The molecule has 0 heterocycles. The standard InChI is InChI=1S/C12H25N5O5/c1-11(2,3)21-9(19)17(10(20)22-12(4,5)6)16(7-13)8(18)15-14/h7,13-14H2,1-6H3,(H,15,18). The average molecular weight is 319 g/mol. The number of urea groups is 1. The predicted octanol–water partition coefficient (Wildman–Crippen LogP) is 0.875. The van der Waals surface area contributed by atoms with E-state index in [1.165, 1.54) is 0 Å². The number of hydrazine groups is 2. The van der Waals surface area contributed by atoms with Crippen molar-refractivity contribution in [3.8, 4) is 0 Å². The number of nitrogens with zero attached hydrogens (tertiary/aromatic N) is 2. The van der Waals surface area contributed by atoms with E-state index in [-0.39, 0.29) is 0 Å². The summed E-state index contributed by atoms with van der Waals surface area (Å²) in [5, 5.41) is 0.931. The maximum atomic E-state index is 12.2. The van der Waals surface area contributed by atoms with Crippen molar-refractivity contribution in [1.29, 1.82) is 0 Å². The number of carbonyl (C=O) groups excluding carboxylic acids is 3. The van der Waals surface area contributed by atoms with Crippen molar-refractivity contribution < 1.29 is 23.9 Å². The number of imide groups is 1. The van der Waals surface area contributed by atoms with Gasteiger partial charge in [0.05, 0.1) is 6.67 Å². The van der Waals surface area contributed by atoms with Gasteiger partial charge in [0.15, 0.2) is 0 Å². The number of hydrogen-bond acceptors (Lipinski definition) is 7. The summed E-state index contributed by atoms with van der Waals surface area (Å²) in [6, 6.07) is -0.973. The van der Waals surface area contributed by atoms with Crippen molar-refractivity contribution in [2.24, 2.45) is 11.6 Å². The number of amides is 4.